The van der Waals surface area contributed by atoms with Gasteiger partial charge in [-0.3, -0.25) is 0 Å². The molecule has 0 aliphatic heterocycles. The number of hydrogen-bond donors (Lipinski definition) is 2. The third kappa shape index (κ3) is 1.71. The van der Waals surface area contributed by atoms with Gasteiger partial charge in [-0.15, -0.1) is 0 Å². The number of nitrogens with one attached hydrogen (secondary N) is 1. The first kappa shape index (κ1) is 12.7. The summed E-state index contributed by atoms with van der Waals surface area (Å²) in [5, 5.41) is 12.2. The molecule has 3 N–H and O–H groups in total. The van der Waals surface area contributed by atoms with E-state index in [4.69, 9.17) is 11.0 Å². The molecule has 1 fully saturated rings. The number of aromatic nitrogens is 1. The summed E-state index contributed by atoms with van der Waals surface area (Å²) in [5.74, 6) is 1.21. The van der Waals surface area contributed by atoms with Gasteiger partial charge in [0.15, 0.2) is 5.82 Å². The molecule has 0 unspecified atom stereocenters. The lowest BCUT2D eigenvalue weighted by Crippen LogP contribution is -2.11. The molecule has 1 aromatic heterocycles. The zero-order chi connectivity index (χ0) is 13.6. The number of nitriles is 1. The highest BCUT2D eigenvalue weighted by atomic mass is 15.0. The predicted molar refractivity (Wildman–Crippen MR) is 72.9 cm³/mol. The molecule has 1 aliphatic carbocycles. The molecule has 2 rings (SSSR count). The Kier molecular flexibility index (Phi) is 2.73. The lowest BCUT2D eigenvalue weighted by Gasteiger charge is -2.09. The molecule has 0 aromatic carbocycles. The van der Waals surface area contributed by atoms with Gasteiger partial charge in [-0.1, -0.05) is 27.7 Å². The molecule has 4 nitrogen and oxygen atoms in total. The molecule has 4 heteroatoms. The topological polar surface area (TPSA) is 74.7 Å². The summed E-state index contributed by atoms with van der Waals surface area (Å²) in [7, 11) is 0. The Morgan fingerprint density at radius 2 is 2.00 bits per heavy atom. The number of nitrogen functional groups attached to an aromatic ring is 1. The van der Waals surface area contributed by atoms with Crippen molar-refractivity contribution in [3.8, 4) is 6.07 Å². The van der Waals surface area contributed by atoms with E-state index >= 15 is 0 Å². The molecule has 0 radical (unpaired) electrons. The van der Waals surface area contributed by atoms with Crippen molar-refractivity contribution in [3.05, 3.63) is 17.8 Å². The van der Waals surface area contributed by atoms with E-state index in [1.165, 1.54) is 0 Å². The average Bonchev–Trinajstić information content (AvgIpc) is 2.69. The van der Waals surface area contributed by atoms with Crippen LogP contribution in [-0.4, -0.2) is 11.5 Å². The van der Waals surface area contributed by atoms with Crippen LogP contribution in [0.25, 0.3) is 0 Å². The van der Waals surface area contributed by atoms with E-state index in [0.717, 1.165) is 6.54 Å². The lowest BCUT2D eigenvalue weighted by atomic mass is 10.0. The monoisotopic (exact) mass is 244 g/mol. The molecule has 0 atom stereocenters. The van der Waals surface area contributed by atoms with Crippen molar-refractivity contribution in [2.75, 3.05) is 17.6 Å². The number of pyridine rings is 1. The molecule has 1 aliphatic rings. The first-order valence-corrected chi connectivity index (χ1v) is 6.21. The van der Waals surface area contributed by atoms with E-state index < -0.39 is 0 Å². The smallest absolute Gasteiger partial charge is 0.150 e. The third-order valence-corrected chi connectivity index (χ3v) is 4.90. The zero-order valence-electron chi connectivity index (χ0n) is 11.4. The van der Waals surface area contributed by atoms with E-state index in [2.05, 4.69) is 44.1 Å². The fourth-order valence-electron chi connectivity index (χ4n) is 2.75. The molecular weight excluding hydrogens is 224 g/mol. The Bertz CT molecular complexity index is 497. The van der Waals surface area contributed by atoms with Gasteiger partial charge < -0.3 is 11.1 Å². The highest BCUT2D eigenvalue weighted by Gasteiger charge is 2.64. The van der Waals surface area contributed by atoms with Crippen LogP contribution in [0, 0.1) is 28.1 Å². The van der Waals surface area contributed by atoms with Crippen LogP contribution in [0.1, 0.15) is 33.3 Å². The number of hydrogen-bond acceptors (Lipinski definition) is 4. The van der Waals surface area contributed by atoms with Crippen LogP contribution < -0.4 is 11.1 Å². The summed E-state index contributed by atoms with van der Waals surface area (Å²) in [6.45, 7) is 9.96. The highest BCUT2D eigenvalue weighted by molar-refractivity contribution is 5.68. The Balaban J connectivity index is 2.08. The van der Waals surface area contributed by atoms with Gasteiger partial charge >= 0.3 is 0 Å². The molecular formula is C14H20N4. The zero-order valence-corrected chi connectivity index (χ0v) is 11.4. The summed E-state index contributed by atoms with van der Waals surface area (Å²) < 4.78 is 0. The third-order valence-electron chi connectivity index (χ3n) is 4.90. The van der Waals surface area contributed by atoms with Gasteiger partial charge in [0.05, 0.1) is 11.3 Å². The Morgan fingerprint density at radius 3 is 2.50 bits per heavy atom. The second-order valence-corrected chi connectivity index (χ2v) is 6.11. The fraction of sp³-hybridized carbons (Fsp3) is 0.571. The van der Waals surface area contributed by atoms with Crippen molar-refractivity contribution in [1.29, 1.82) is 5.26 Å². The SMILES string of the molecule is CC1(C)C(CNc2nccc(C#N)c2N)C1(C)C. The second kappa shape index (κ2) is 3.88. The minimum Gasteiger partial charge on any atom is -0.395 e. The van der Waals surface area contributed by atoms with Crippen molar-refractivity contribution in [1.82, 2.24) is 4.98 Å². The molecule has 0 saturated heterocycles. The standard InChI is InChI=1S/C14H20N4/c1-13(2)10(14(13,3)4)8-18-12-11(16)9(7-15)5-6-17-12/h5-6,10H,8,16H2,1-4H3,(H,17,18). The molecule has 1 aromatic rings. The summed E-state index contributed by atoms with van der Waals surface area (Å²) >= 11 is 0. The van der Waals surface area contributed by atoms with Gasteiger partial charge in [0.2, 0.25) is 0 Å². The number of rotatable bonds is 3. The van der Waals surface area contributed by atoms with Crippen molar-refractivity contribution in [2.45, 2.75) is 27.7 Å². The molecule has 96 valence electrons. The van der Waals surface area contributed by atoms with Gasteiger partial charge in [0.25, 0.3) is 0 Å². The summed E-state index contributed by atoms with van der Waals surface area (Å²) in [6.07, 6.45) is 1.61. The molecule has 0 bridgehead atoms. The largest absolute Gasteiger partial charge is 0.395 e. The van der Waals surface area contributed by atoms with Gasteiger partial charge in [0, 0.05) is 12.7 Å². The van der Waals surface area contributed by atoms with E-state index in [-0.39, 0.29) is 0 Å². The summed E-state index contributed by atoms with van der Waals surface area (Å²) in [5.41, 5.74) is 7.47. The maximum atomic E-state index is 8.91. The van der Waals surface area contributed by atoms with Gasteiger partial charge in [-0.2, -0.15) is 5.26 Å². The van der Waals surface area contributed by atoms with Crippen LogP contribution in [-0.2, 0) is 0 Å². The van der Waals surface area contributed by atoms with Gasteiger partial charge in [-0.25, -0.2) is 4.98 Å². The molecule has 18 heavy (non-hydrogen) atoms. The number of nitrogens with zero attached hydrogens (tertiary/aromatic N) is 2. The summed E-state index contributed by atoms with van der Waals surface area (Å²) in [4.78, 5) is 4.19. The second-order valence-electron chi connectivity index (χ2n) is 6.11. The van der Waals surface area contributed by atoms with E-state index in [1.54, 1.807) is 12.3 Å². The van der Waals surface area contributed by atoms with Crippen LogP contribution in [0.4, 0.5) is 11.5 Å². The molecule has 1 heterocycles. The van der Waals surface area contributed by atoms with Crippen molar-refractivity contribution < 1.29 is 0 Å². The number of nitrogens with two attached hydrogens (primary N) is 1. The Hall–Kier alpha value is -1.76. The van der Waals surface area contributed by atoms with Gasteiger partial charge in [-0.05, 0) is 22.8 Å². The quantitative estimate of drug-likeness (QED) is 0.857. The van der Waals surface area contributed by atoms with E-state index in [1.807, 2.05) is 0 Å². The van der Waals surface area contributed by atoms with Crippen LogP contribution in [0.3, 0.4) is 0 Å². The average molecular weight is 244 g/mol. The van der Waals surface area contributed by atoms with E-state index in [0.29, 0.717) is 33.8 Å². The van der Waals surface area contributed by atoms with Crippen LogP contribution in [0.2, 0.25) is 0 Å². The Labute approximate surface area is 108 Å². The van der Waals surface area contributed by atoms with Crippen molar-refractivity contribution in [2.24, 2.45) is 16.7 Å². The minimum atomic E-state index is 0.335. The van der Waals surface area contributed by atoms with Crippen LogP contribution >= 0.6 is 0 Å². The van der Waals surface area contributed by atoms with Crippen molar-refractivity contribution >= 4 is 11.5 Å². The highest BCUT2D eigenvalue weighted by Crippen LogP contribution is 2.68. The first-order chi connectivity index (χ1) is 8.32. The molecule has 0 amide bonds. The normalized spacial score (nSPS) is 20.2. The summed E-state index contributed by atoms with van der Waals surface area (Å²) in [6, 6.07) is 3.70. The number of anilines is 2. The van der Waals surface area contributed by atoms with E-state index in [9.17, 15) is 0 Å². The Morgan fingerprint density at radius 1 is 1.39 bits per heavy atom. The van der Waals surface area contributed by atoms with Gasteiger partial charge in [0.1, 0.15) is 6.07 Å². The first-order valence-electron chi connectivity index (χ1n) is 6.21. The molecule has 0 spiro atoms. The maximum absolute atomic E-state index is 8.91. The fourth-order valence-corrected chi connectivity index (χ4v) is 2.75. The molecule has 1 saturated carbocycles. The minimum absolute atomic E-state index is 0.335. The predicted octanol–water partition coefficient (Wildman–Crippen LogP) is 2.63. The van der Waals surface area contributed by atoms with Crippen LogP contribution in [0.5, 0.6) is 0 Å². The lowest BCUT2D eigenvalue weighted by molar-refractivity contribution is 0.457. The maximum Gasteiger partial charge on any atom is 0.150 e. The van der Waals surface area contributed by atoms with Crippen LogP contribution in [0.15, 0.2) is 12.3 Å². The van der Waals surface area contributed by atoms with Crippen molar-refractivity contribution in [3.63, 3.8) is 0 Å².